The highest BCUT2D eigenvalue weighted by atomic mass is 32.1. The van der Waals surface area contributed by atoms with Crippen LogP contribution in [0.2, 0.25) is 0 Å². The van der Waals surface area contributed by atoms with Gasteiger partial charge in [0.05, 0.1) is 12.1 Å². The molecule has 2 unspecified atom stereocenters. The van der Waals surface area contributed by atoms with Crippen molar-refractivity contribution in [2.45, 2.75) is 52.2 Å². The Labute approximate surface area is 112 Å². The molecule has 1 aliphatic heterocycles. The SMILES string of the molecule is Cc1csc(C(C)N2CCC(NC(C)C)C2=O)n1. The number of nitrogens with one attached hydrogen (secondary N) is 1. The number of aromatic nitrogens is 1. The number of nitrogens with zero attached hydrogens (tertiary/aromatic N) is 2. The van der Waals surface area contributed by atoms with Gasteiger partial charge in [-0.1, -0.05) is 13.8 Å². The van der Waals surface area contributed by atoms with E-state index in [-0.39, 0.29) is 18.0 Å². The number of aryl methyl sites for hydroxylation is 1. The number of amides is 1. The molecule has 1 aromatic rings. The topological polar surface area (TPSA) is 45.2 Å². The Morgan fingerprint density at radius 2 is 2.22 bits per heavy atom. The lowest BCUT2D eigenvalue weighted by Gasteiger charge is -2.23. The monoisotopic (exact) mass is 267 g/mol. The molecular formula is C13H21N3OS. The summed E-state index contributed by atoms with van der Waals surface area (Å²) >= 11 is 1.64. The molecule has 1 amide bonds. The summed E-state index contributed by atoms with van der Waals surface area (Å²) in [5, 5.41) is 6.40. The Morgan fingerprint density at radius 3 is 2.78 bits per heavy atom. The third-order valence-electron chi connectivity index (χ3n) is 3.24. The number of carbonyl (C=O) groups is 1. The lowest BCUT2D eigenvalue weighted by molar-refractivity contribution is -0.131. The number of hydrogen-bond acceptors (Lipinski definition) is 4. The van der Waals surface area contributed by atoms with Gasteiger partial charge in [-0.3, -0.25) is 4.79 Å². The van der Waals surface area contributed by atoms with Crippen LogP contribution in [0, 0.1) is 6.92 Å². The molecule has 5 heteroatoms. The second-order valence-electron chi connectivity index (χ2n) is 5.20. The van der Waals surface area contributed by atoms with Gasteiger partial charge in [0.25, 0.3) is 0 Å². The van der Waals surface area contributed by atoms with Gasteiger partial charge in [-0.05, 0) is 20.3 Å². The molecule has 0 aliphatic carbocycles. The minimum atomic E-state index is -0.0199. The van der Waals surface area contributed by atoms with Gasteiger partial charge >= 0.3 is 0 Å². The molecule has 18 heavy (non-hydrogen) atoms. The van der Waals surface area contributed by atoms with Crippen molar-refractivity contribution in [3.63, 3.8) is 0 Å². The Hall–Kier alpha value is -0.940. The van der Waals surface area contributed by atoms with Crippen LogP contribution in [-0.4, -0.2) is 34.4 Å². The van der Waals surface area contributed by atoms with E-state index >= 15 is 0 Å². The summed E-state index contributed by atoms with van der Waals surface area (Å²) < 4.78 is 0. The fourth-order valence-electron chi connectivity index (χ4n) is 2.34. The standard InChI is InChI=1S/C13H21N3OS/c1-8(2)14-11-5-6-16(13(11)17)10(4)12-15-9(3)7-18-12/h7-8,10-11,14H,5-6H2,1-4H3. The molecule has 1 N–H and O–H groups in total. The highest BCUT2D eigenvalue weighted by Crippen LogP contribution is 2.27. The molecule has 2 atom stereocenters. The fraction of sp³-hybridized carbons (Fsp3) is 0.692. The van der Waals surface area contributed by atoms with Gasteiger partial charge in [0, 0.05) is 23.7 Å². The van der Waals surface area contributed by atoms with Crippen molar-refractivity contribution in [3.8, 4) is 0 Å². The predicted molar refractivity (Wildman–Crippen MR) is 73.7 cm³/mol. The van der Waals surface area contributed by atoms with Crippen molar-refractivity contribution in [3.05, 3.63) is 16.1 Å². The quantitative estimate of drug-likeness (QED) is 0.909. The predicted octanol–water partition coefficient (Wildman–Crippen LogP) is 2.11. The Morgan fingerprint density at radius 1 is 1.50 bits per heavy atom. The van der Waals surface area contributed by atoms with E-state index in [0.717, 1.165) is 23.7 Å². The first-order chi connectivity index (χ1) is 8.49. The molecule has 1 aliphatic rings. The van der Waals surface area contributed by atoms with Crippen LogP contribution < -0.4 is 5.32 Å². The Kier molecular flexibility index (Phi) is 4.02. The maximum absolute atomic E-state index is 12.3. The summed E-state index contributed by atoms with van der Waals surface area (Å²) in [6.07, 6.45) is 0.895. The molecule has 0 bridgehead atoms. The van der Waals surface area contributed by atoms with Crippen LogP contribution in [0.4, 0.5) is 0 Å². The van der Waals surface area contributed by atoms with Gasteiger partial charge in [0.15, 0.2) is 0 Å². The number of carbonyl (C=O) groups excluding carboxylic acids is 1. The van der Waals surface area contributed by atoms with Crippen molar-refractivity contribution in [2.75, 3.05) is 6.54 Å². The normalized spacial score (nSPS) is 21.9. The molecule has 1 aromatic heterocycles. The van der Waals surface area contributed by atoms with Crippen molar-refractivity contribution >= 4 is 17.2 Å². The van der Waals surface area contributed by atoms with E-state index in [0.29, 0.717) is 6.04 Å². The average molecular weight is 267 g/mol. The fourth-order valence-corrected chi connectivity index (χ4v) is 3.21. The molecule has 0 saturated carbocycles. The van der Waals surface area contributed by atoms with Crippen LogP contribution in [0.5, 0.6) is 0 Å². The summed E-state index contributed by atoms with van der Waals surface area (Å²) in [7, 11) is 0. The van der Waals surface area contributed by atoms with E-state index in [9.17, 15) is 4.79 Å². The lowest BCUT2D eigenvalue weighted by Crippen LogP contribution is -2.42. The third-order valence-corrected chi connectivity index (χ3v) is 4.37. The largest absolute Gasteiger partial charge is 0.332 e. The van der Waals surface area contributed by atoms with Crippen molar-refractivity contribution in [1.82, 2.24) is 15.2 Å². The molecule has 0 radical (unpaired) electrons. The molecular weight excluding hydrogens is 246 g/mol. The van der Waals surface area contributed by atoms with Gasteiger partial charge in [-0.15, -0.1) is 11.3 Å². The zero-order valence-electron chi connectivity index (χ0n) is 11.4. The summed E-state index contributed by atoms with van der Waals surface area (Å²) in [4.78, 5) is 18.7. The first-order valence-corrected chi connectivity index (χ1v) is 7.35. The molecule has 2 heterocycles. The third kappa shape index (κ3) is 2.72. The van der Waals surface area contributed by atoms with Crippen LogP contribution in [0.3, 0.4) is 0 Å². The number of thiazole rings is 1. The summed E-state index contributed by atoms with van der Waals surface area (Å²) in [5.74, 6) is 0.212. The summed E-state index contributed by atoms with van der Waals surface area (Å²) in [6.45, 7) is 9.02. The summed E-state index contributed by atoms with van der Waals surface area (Å²) in [6, 6.07) is 0.417. The average Bonchev–Trinajstić information content (AvgIpc) is 2.86. The van der Waals surface area contributed by atoms with Crippen molar-refractivity contribution in [1.29, 1.82) is 0 Å². The van der Waals surface area contributed by atoms with Crippen LogP contribution in [0.1, 0.15) is 43.9 Å². The van der Waals surface area contributed by atoms with Crippen LogP contribution in [-0.2, 0) is 4.79 Å². The summed E-state index contributed by atoms with van der Waals surface area (Å²) in [5.41, 5.74) is 1.03. The zero-order chi connectivity index (χ0) is 13.3. The molecule has 4 nitrogen and oxygen atoms in total. The maximum atomic E-state index is 12.3. The van der Waals surface area contributed by atoms with E-state index in [1.807, 2.05) is 17.2 Å². The van der Waals surface area contributed by atoms with Gasteiger partial charge in [0.1, 0.15) is 5.01 Å². The number of likely N-dealkylation sites (tertiary alicyclic amines) is 1. The second-order valence-corrected chi connectivity index (χ2v) is 6.09. The smallest absolute Gasteiger partial charge is 0.240 e. The highest BCUT2D eigenvalue weighted by Gasteiger charge is 2.35. The molecule has 2 rings (SSSR count). The highest BCUT2D eigenvalue weighted by molar-refractivity contribution is 7.09. The van der Waals surface area contributed by atoms with Crippen LogP contribution in [0.25, 0.3) is 0 Å². The van der Waals surface area contributed by atoms with E-state index in [4.69, 9.17) is 0 Å². The van der Waals surface area contributed by atoms with Crippen LogP contribution in [0.15, 0.2) is 5.38 Å². The van der Waals surface area contributed by atoms with Gasteiger partial charge in [-0.2, -0.15) is 0 Å². The van der Waals surface area contributed by atoms with E-state index in [2.05, 4.69) is 31.1 Å². The molecule has 1 saturated heterocycles. The van der Waals surface area contributed by atoms with E-state index in [1.54, 1.807) is 11.3 Å². The minimum absolute atomic E-state index is 0.0199. The molecule has 0 aromatic carbocycles. The van der Waals surface area contributed by atoms with E-state index < -0.39 is 0 Å². The number of hydrogen-bond donors (Lipinski definition) is 1. The Bertz CT molecular complexity index is 430. The number of rotatable bonds is 4. The molecule has 0 spiro atoms. The Balaban J connectivity index is 2.04. The van der Waals surface area contributed by atoms with Crippen molar-refractivity contribution < 1.29 is 4.79 Å². The van der Waals surface area contributed by atoms with E-state index in [1.165, 1.54) is 0 Å². The first-order valence-electron chi connectivity index (χ1n) is 6.47. The zero-order valence-corrected chi connectivity index (χ0v) is 12.3. The first kappa shape index (κ1) is 13.5. The minimum Gasteiger partial charge on any atom is -0.332 e. The van der Waals surface area contributed by atoms with Crippen molar-refractivity contribution in [2.24, 2.45) is 0 Å². The lowest BCUT2D eigenvalue weighted by atomic mass is 10.2. The van der Waals surface area contributed by atoms with Gasteiger partial charge < -0.3 is 10.2 Å². The van der Waals surface area contributed by atoms with Gasteiger partial charge in [0.2, 0.25) is 5.91 Å². The van der Waals surface area contributed by atoms with Crippen LogP contribution >= 0.6 is 11.3 Å². The second kappa shape index (κ2) is 5.36. The van der Waals surface area contributed by atoms with Gasteiger partial charge in [-0.25, -0.2) is 4.98 Å². The maximum Gasteiger partial charge on any atom is 0.240 e. The molecule has 100 valence electrons. The molecule has 1 fully saturated rings.